The Morgan fingerprint density at radius 1 is 1.02 bits per heavy atom. The molecule has 12 nitrogen and oxygen atoms in total. The number of allylic oxidation sites excluding steroid dienone is 1. The van der Waals surface area contributed by atoms with Gasteiger partial charge in [-0.25, -0.2) is 22.2 Å². The molecule has 2 aromatic carbocycles. The van der Waals surface area contributed by atoms with Gasteiger partial charge in [-0.05, 0) is 49.4 Å². The van der Waals surface area contributed by atoms with E-state index in [4.69, 9.17) is 16.6 Å². The van der Waals surface area contributed by atoms with E-state index in [0.29, 0.717) is 59.4 Å². The van der Waals surface area contributed by atoms with Crippen LogP contribution in [0.25, 0.3) is 22.0 Å². The van der Waals surface area contributed by atoms with Crippen LogP contribution in [0.1, 0.15) is 40.2 Å². The molecular formula is C38H35ClF7N9O3S. The number of fused-ring (bicyclic) bond motifs is 4. The van der Waals surface area contributed by atoms with Gasteiger partial charge in [0, 0.05) is 61.9 Å². The average molecular weight is 866 g/mol. The van der Waals surface area contributed by atoms with Crippen molar-refractivity contribution in [3.8, 4) is 11.1 Å². The summed E-state index contributed by atoms with van der Waals surface area (Å²) < 4.78 is 132. The number of carbonyl (C=O) groups excluding carboxylic acids is 1. The second-order valence-electron chi connectivity index (χ2n) is 15.1. The van der Waals surface area contributed by atoms with E-state index < -0.39 is 81.0 Å². The van der Waals surface area contributed by atoms with E-state index in [0.717, 1.165) is 18.4 Å². The van der Waals surface area contributed by atoms with Crippen LogP contribution < -0.4 is 14.9 Å². The fraction of sp³-hybridized carbons (Fsp3) is 0.368. The van der Waals surface area contributed by atoms with Gasteiger partial charge in [0.15, 0.2) is 11.5 Å². The molecule has 21 heteroatoms. The first-order chi connectivity index (χ1) is 27.6. The summed E-state index contributed by atoms with van der Waals surface area (Å²) in [6.45, 7) is 4.90. The van der Waals surface area contributed by atoms with Crippen LogP contribution in [-0.2, 0) is 46.9 Å². The number of nitrogens with zero attached hydrogens (tertiary/aromatic N) is 7. The Morgan fingerprint density at radius 3 is 2.32 bits per heavy atom. The summed E-state index contributed by atoms with van der Waals surface area (Å²) in [6, 6.07) is 7.94. The molecule has 1 aliphatic heterocycles. The summed E-state index contributed by atoms with van der Waals surface area (Å²) in [5.41, 5.74) is -2.12. The largest absolute Gasteiger partial charge is 0.435 e. The van der Waals surface area contributed by atoms with Crippen LogP contribution in [0, 0.1) is 17.6 Å². The number of benzene rings is 2. The summed E-state index contributed by atoms with van der Waals surface area (Å²) in [5, 5.41) is 10.9. The van der Waals surface area contributed by atoms with Gasteiger partial charge in [-0.2, -0.15) is 32.1 Å². The summed E-state index contributed by atoms with van der Waals surface area (Å²) >= 11 is 6.62. The molecule has 5 aromatic rings. The third-order valence-electron chi connectivity index (χ3n) is 10.9. The fourth-order valence-corrected chi connectivity index (χ4v) is 9.01. The minimum atomic E-state index is -5.11. The number of carbonyl (C=O) groups is 1. The van der Waals surface area contributed by atoms with Gasteiger partial charge >= 0.3 is 6.18 Å². The molecule has 2 aliphatic carbocycles. The van der Waals surface area contributed by atoms with Gasteiger partial charge in [-0.15, -0.1) is 0 Å². The minimum absolute atomic E-state index is 0.0523. The lowest BCUT2D eigenvalue weighted by Crippen LogP contribution is -2.45. The van der Waals surface area contributed by atoms with Gasteiger partial charge in [0.1, 0.15) is 29.7 Å². The van der Waals surface area contributed by atoms with Crippen LogP contribution in [0.3, 0.4) is 0 Å². The Morgan fingerprint density at radius 2 is 1.68 bits per heavy atom. The molecule has 3 aliphatic rings. The SMILES string of the molecule is C=C1[C@@H]2c3c(C(F)(F)F)nn(CC(=O)N[C@@H](Cc4cc(F)cc(F)c4)c4nc(N5CCN(C)CC5)ccc4-c4ccc(Cl)c5c(NS(C)(=O)=O)nn(C)c45)c3C(F)(F)[C@H]12. The maximum atomic E-state index is 15.6. The van der Waals surface area contributed by atoms with Gasteiger partial charge in [-0.1, -0.05) is 29.8 Å². The number of piperazine rings is 1. The fourth-order valence-electron chi connectivity index (χ4n) is 8.27. The van der Waals surface area contributed by atoms with Crippen molar-refractivity contribution >= 4 is 50.1 Å². The highest BCUT2D eigenvalue weighted by molar-refractivity contribution is 7.92. The van der Waals surface area contributed by atoms with Crippen molar-refractivity contribution in [3.05, 3.63) is 99.5 Å². The number of amides is 1. The number of sulfonamides is 1. The van der Waals surface area contributed by atoms with Crippen molar-refractivity contribution in [1.82, 2.24) is 34.8 Å². The Balaban J connectivity index is 1.27. The maximum Gasteiger partial charge on any atom is 0.435 e. The normalized spacial score (nSPS) is 19.5. The molecule has 0 unspecified atom stereocenters. The zero-order chi connectivity index (χ0) is 42.5. The van der Waals surface area contributed by atoms with Gasteiger partial charge in [0.05, 0.1) is 39.8 Å². The molecular weight excluding hydrogens is 831 g/mol. The quantitative estimate of drug-likeness (QED) is 0.122. The second-order valence-corrected chi connectivity index (χ2v) is 17.2. The summed E-state index contributed by atoms with van der Waals surface area (Å²) in [7, 11) is -0.330. The standard InChI is InChI=1S/C38H35ClF7N9O3S/c1-18-28-30-34(38(44,45)46)49-55(35(30)37(42,43)31(18)28)17-27(56)47-25(15-19-13-20(40)16-21(41)14-19)32-22(6-8-26(48-32)54-11-9-52(2)10-12-54)23-5-7-24(39)29-33(23)53(3)50-36(29)51-59(4,57)58/h5-8,13-14,16,25,28,31H,1,9-12,15,17H2,2-4H3,(H,47,56)(H,50,51)/t25-,28+,31+/m0/s1. The summed E-state index contributed by atoms with van der Waals surface area (Å²) in [4.78, 5) is 23.2. The highest BCUT2D eigenvalue weighted by atomic mass is 35.5. The van der Waals surface area contributed by atoms with Crippen molar-refractivity contribution in [2.24, 2.45) is 13.0 Å². The predicted molar refractivity (Wildman–Crippen MR) is 205 cm³/mol. The molecule has 59 heavy (non-hydrogen) atoms. The average Bonchev–Trinajstić information content (AvgIpc) is 3.35. The van der Waals surface area contributed by atoms with Crippen molar-refractivity contribution in [2.75, 3.05) is 49.1 Å². The highest BCUT2D eigenvalue weighted by Gasteiger charge is 2.71. The first kappa shape index (κ1) is 40.6. The number of likely N-dealkylation sites (N-methyl/N-ethyl adjacent to an activating group) is 1. The molecule has 312 valence electrons. The van der Waals surface area contributed by atoms with Gasteiger partial charge in [0.2, 0.25) is 15.9 Å². The molecule has 8 rings (SSSR count). The number of pyridine rings is 1. The monoisotopic (exact) mass is 865 g/mol. The third kappa shape index (κ3) is 7.39. The lowest BCUT2D eigenvalue weighted by Gasteiger charge is -2.34. The molecule has 3 aromatic heterocycles. The van der Waals surface area contributed by atoms with E-state index in [2.05, 4.69) is 31.7 Å². The number of nitrogens with one attached hydrogen (secondary N) is 2. The lowest BCUT2D eigenvalue weighted by atomic mass is 9.94. The zero-order valence-corrected chi connectivity index (χ0v) is 33.1. The van der Waals surface area contributed by atoms with Gasteiger partial charge < -0.3 is 15.1 Å². The van der Waals surface area contributed by atoms with E-state index in [1.165, 1.54) is 10.7 Å². The Hall–Kier alpha value is -5.21. The number of alkyl halides is 5. The Kier molecular flexibility index (Phi) is 9.78. The van der Waals surface area contributed by atoms with Crippen molar-refractivity contribution < 1.29 is 43.9 Å². The number of hydrogen-bond donors (Lipinski definition) is 2. The van der Waals surface area contributed by atoms with Crippen LogP contribution in [0.4, 0.5) is 42.4 Å². The minimum Gasteiger partial charge on any atom is -0.354 e. The molecule has 0 radical (unpaired) electrons. The van der Waals surface area contributed by atoms with E-state index in [9.17, 15) is 35.2 Å². The summed E-state index contributed by atoms with van der Waals surface area (Å²) in [5.74, 6) is -9.14. The highest BCUT2D eigenvalue weighted by Crippen LogP contribution is 2.71. The van der Waals surface area contributed by atoms with Crippen LogP contribution in [-0.4, -0.2) is 83.3 Å². The molecule has 4 heterocycles. The van der Waals surface area contributed by atoms with Crippen LogP contribution in [0.2, 0.25) is 5.02 Å². The topological polar surface area (TPSA) is 130 Å². The Bertz CT molecular complexity index is 2660. The molecule has 0 spiro atoms. The molecule has 1 saturated heterocycles. The first-order valence-corrected chi connectivity index (χ1v) is 20.5. The van der Waals surface area contributed by atoms with E-state index >= 15 is 8.78 Å². The third-order valence-corrected chi connectivity index (χ3v) is 11.7. The lowest BCUT2D eigenvalue weighted by molar-refractivity contribution is -0.142. The number of aryl methyl sites for hydroxylation is 1. The first-order valence-electron chi connectivity index (χ1n) is 18.2. The van der Waals surface area contributed by atoms with E-state index in [1.807, 2.05) is 11.9 Å². The zero-order valence-electron chi connectivity index (χ0n) is 31.5. The van der Waals surface area contributed by atoms with Crippen LogP contribution in [0.15, 0.2) is 54.6 Å². The number of rotatable bonds is 10. The van der Waals surface area contributed by atoms with Crippen molar-refractivity contribution in [2.45, 2.75) is 37.0 Å². The number of aromatic nitrogens is 5. The number of hydrogen-bond acceptors (Lipinski definition) is 8. The van der Waals surface area contributed by atoms with Crippen LogP contribution >= 0.6 is 11.6 Å². The molecule has 2 fully saturated rings. The van der Waals surface area contributed by atoms with E-state index in [-0.39, 0.29) is 39.5 Å². The molecule has 1 saturated carbocycles. The van der Waals surface area contributed by atoms with Gasteiger partial charge in [-0.3, -0.25) is 18.9 Å². The number of anilines is 2. The molecule has 2 N–H and O–H groups in total. The van der Waals surface area contributed by atoms with Crippen molar-refractivity contribution in [3.63, 3.8) is 0 Å². The maximum absolute atomic E-state index is 15.6. The van der Waals surface area contributed by atoms with E-state index in [1.54, 1.807) is 25.2 Å². The predicted octanol–water partition coefficient (Wildman–Crippen LogP) is 6.38. The molecule has 1 amide bonds. The molecule has 3 atom stereocenters. The van der Waals surface area contributed by atoms with Crippen LogP contribution in [0.5, 0.6) is 0 Å². The van der Waals surface area contributed by atoms with Gasteiger partial charge in [0.25, 0.3) is 5.92 Å². The Labute approximate surface area is 337 Å². The second kappa shape index (κ2) is 14.2. The summed E-state index contributed by atoms with van der Waals surface area (Å²) in [6.07, 6.45) is -4.51. The van der Waals surface area contributed by atoms with Crippen molar-refractivity contribution in [1.29, 1.82) is 0 Å². The number of halogens is 8. The smallest absolute Gasteiger partial charge is 0.354 e. The molecule has 0 bridgehead atoms.